The minimum absolute atomic E-state index is 0.121. The van der Waals surface area contributed by atoms with Crippen LogP contribution in [-0.4, -0.2) is 50.7 Å². The zero-order valence-corrected chi connectivity index (χ0v) is 17.4. The van der Waals surface area contributed by atoms with Gasteiger partial charge in [0, 0.05) is 31.7 Å². The van der Waals surface area contributed by atoms with Crippen LogP contribution in [0.3, 0.4) is 0 Å². The van der Waals surface area contributed by atoms with E-state index in [9.17, 15) is 13.2 Å². The van der Waals surface area contributed by atoms with Crippen LogP contribution in [0.25, 0.3) is 0 Å². The van der Waals surface area contributed by atoms with E-state index in [0.717, 1.165) is 25.8 Å². The van der Waals surface area contributed by atoms with Crippen LogP contribution < -0.4 is 16.2 Å². The third-order valence-electron chi connectivity index (χ3n) is 5.03. The lowest BCUT2D eigenvalue weighted by Gasteiger charge is -2.12. The topological polar surface area (TPSA) is 103 Å². The molecular weight excluding hydrogens is 378 g/mol. The summed E-state index contributed by atoms with van der Waals surface area (Å²) in [6, 6.07) is 6.11. The molecule has 3 rings (SSSR count). The first-order chi connectivity index (χ1) is 13.2. The molecule has 2 atom stereocenters. The molecule has 3 N–H and O–H groups in total. The number of hydrazine groups is 1. The van der Waals surface area contributed by atoms with E-state index in [0.29, 0.717) is 23.9 Å². The number of amides is 1. The first kappa shape index (κ1) is 20.8. The van der Waals surface area contributed by atoms with Crippen molar-refractivity contribution in [3.63, 3.8) is 0 Å². The van der Waals surface area contributed by atoms with E-state index in [1.54, 1.807) is 12.1 Å². The summed E-state index contributed by atoms with van der Waals surface area (Å²) in [7, 11) is -1.90. The molecule has 9 heteroatoms. The van der Waals surface area contributed by atoms with Crippen molar-refractivity contribution in [1.82, 2.24) is 15.8 Å². The Balaban J connectivity index is 1.61. The summed E-state index contributed by atoms with van der Waals surface area (Å²) in [6.45, 7) is 5.13. The Labute approximate surface area is 166 Å². The van der Waals surface area contributed by atoms with Crippen molar-refractivity contribution in [2.75, 3.05) is 18.9 Å². The molecular formula is C19H29N5O3S. The Bertz CT molecular complexity index is 836. The van der Waals surface area contributed by atoms with Crippen LogP contribution in [-0.2, 0) is 14.8 Å². The molecule has 0 spiro atoms. The monoisotopic (exact) mass is 407 g/mol. The molecule has 0 saturated carbocycles. The van der Waals surface area contributed by atoms with Gasteiger partial charge in [-0.3, -0.25) is 10.2 Å². The fraction of sp³-hybridized carbons (Fsp3) is 0.579. The molecule has 28 heavy (non-hydrogen) atoms. The fourth-order valence-electron chi connectivity index (χ4n) is 3.56. The van der Waals surface area contributed by atoms with Crippen molar-refractivity contribution in [2.24, 2.45) is 10.3 Å². The Kier molecular flexibility index (Phi) is 6.36. The standard InChI is InChI=1S/C19H29N5O3S/c1-13(2)11-15-12-17(22-21-15)19(25)20-14-6-8-16(9-7-14)28(26,27)23-18-5-4-10-24(18)3/h6-9,13,15,17,21-22H,4-5,10-12H2,1-3H3,(H,20,25)/b23-18-. The summed E-state index contributed by atoms with van der Waals surface area (Å²) >= 11 is 0. The molecule has 2 aliphatic heterocycles. The zero-order valence-electron chi connectivity index (χ0n) is 16.6. The van der Waals surface area contributed by atoms with E-state index in [1.807, 2.05) is 11.9 Å². The lowest BCUT2D eigenvalue weighted by molar-refractivity contribution is -0.117. The van der Waals surface area contributed by atoms with Gasteiger partial charge < -0.3 is 10.2 Å². The summed E-state index contributed by atoms with van der Waals surface area (Å²) < 4.78 is 28.9. The second-order valence-corrected chi connectivity index (χ2v) is 9.53. The molecule has 1 amide bonds. The van der Waals surface area contributed by atoms with Crippen molar-refractivity contribution in [1.29, 1.82) is 0 Å². The zero-order chi connectivity index (χ0) is 20.3. The predicted octanol–water partition coefficient (Wildman–Crippen LogP) is 1.72. The summed E-state index contributed by atoms with van der Waals surface area (Å²) in [5.74, 6) is 1.01. The molecule has 2 saturated heterocycles. The summed E-state index contributed by atoms with van der Waals surface area (Å²) in [6.07, 6.45) is 3.31. The molecule has 2 fully saturated rings. The van der Waals surface area contributed by atoms with E-state index in [-0.39, 0.29) is 22.9 Å². The number of nitrogens with one attached hydrogen (secondary N) is 3. The molecule has 154 valence electrons. The van der Waals surface area contributed by atoms with E-state index in [4.69, 9.17) is 0 Å². The van der Waals surface area contributed by atoms with E-state index in [1.165, 1.54) is 12.1 Å². The van der Waals surface area contributed by atoms with Gasteiger partial charge in [-0.25, -0.2) is 5.43 Å². The molecule has 0 radical (unpaired) electrons. The van der Waals surface area contributed by atoms with Gasteiger partial charge in [-0.1, -0.05) is 13.8 Å². The number of amidine groups is 1. The van der Waals surface area contributed by atoms with Gasteiger partial charge in [0.2, 0.25) is 5.91 Å². The van der Waals surface area contributed by atoms with Gasteiger partial charge in [0.05, 0.1) is 4.90 Å². The van der Waals surface area contributed by atoms with Crippen LogP contribution >= 0.6 is 0 Å². The molecule has 1 aromatic carbocycles. The number of benzene rings is 1. The Morgan fingerprint density at radius 2 is 2.00 bits per heavy atom. The van der Waals surface area contributed by atoms with Crippen LogP contribution in [0.1, 0.15) is 39.5 Å². The first-order valence-corrected chi connectivity index (χ1v) is 11.2. The maximum atomic E-state index is 12.5. The van der Waals surface area contributed by atoms with Crippen LogP contribution in [0.15, 0.2) is 33.6 Å². The number of rotatable bonds is 6. The SMILES string of the molecule is CC(C)CC1CC(C(=O)Nc2ccc(S(=O)(=O)/N=C3/CCCN3C)cc2)NN1. The van der Waals surface area contributed by atoms with E-state index < -0.39 is 10.0 Å². The molecule has 2 aliphatic rings. The summed E-state index contributed by atoms with van der Waals surface area (Å²) in [5.41, 5.74) is 6.75. The number of nitrogens with zero attached hydrogens (tertiary/aromatic N) is 2. The van der Waals surface area contributed by atoms with Gasteiger partial charge in [0.15, 0.2) is 0 Å². The van der Waals surface area contributed by atoms with Crippen LogP contribution in [0.2, 0.25) is 0 Å². The highest BCUT2D eigenvalue weighted by Gasteiger charge is 2.29. The van der Waals surface area contributed by atoms with Gasteiger partial charge >= 0.3 is 0 Å². The van der Waals surface area contributed by atoms with Crippen LogP contribution in [0.4, 0.5) is 5.69 Å². The highest BCUT2D eigenvalue weighted by Crippen LogP contribution is 2.20. The Morgan fingerprint density at radius 3 is 2.61 bits per heavy atom. The minimum Gasteiger partial charge on any atom is -0.362 e. The molecule has 0 bridgehead atoms. The van der Waals surface area contributed by atoms with E-state index >= 15 is 0 Å². The number of carbonyl (C=O) groups is 1. The first-order valence-electron chi connectivity index (χ1n) is 9.71. The second-order valence-electron chi connectivity index (χ2n) is 7.92. The van der Waals surface area contributed by atoms with Gasteiger partial charge in [0.25, 0.3) is 10.0 Å². The third-order valence-corrected chi connectivity index (χ3v) is 6.35. The predicted molar refractivity (Wildman–Crippen MR) is 109 cm³/mol. The average molecular weight is 408 g/mol. The van der Waals surface area contributed by atoms with Gasteiger partial charge in [0.1, 0.15) is 11.9 Å². The highest BCUT2D eigenvalue weighted by atomic mass is 32.2. The third kappa shape index (κ3) is 5.09. The molecule has 1 aromatic rings. The van der Waals surface area contributed by atoms with E-state index in [2.05, 4.69) is 34.4 Å². The van der Waals surface area contributed by atoms with Crippen LogP contribution in [0, 0.1) is 5.92 Å². The Morgan fingerprint density at radius 1 is 1.29 bits per heavy atom. The minimum atomic E-state index is -3.75. The fourth-order valence-corrected chi connectivity index (χ4v) is 4.65. The normalized spacial score (nSPS) is 24.3. The van der Waals surface area contributed by atoms with Crippen molar-refractivity contribution in [3.05, 3.63) is 24.3 Å². The quantitative estimate of drug-likeness (QED) is 0.664. The van der Waals surface area contributed by atoms with Crippen molar-refractivity contribution >= 4 is 27.5 Å². The van der Waals surface area contributed by atoms with Gasteiger partial charge in [-0.15, -0.1) is 4.40 Å². The number of hydrogen-bond donors (Lipinski definition) is 3. The Hall–Kier alpha value is -1.97. The average Bonchev–Trinajstić information content (AvgIpc) is 3.24. The molecule has 0 aromatic heterocycles. The number of carbonyl (C=O) groups excluding carboxylic acids is 1. The molecule has 2 unspecified atom stereocenters. The number of anilines is 1. The van der Waals surface area contributed by atoms with Crippen molar-refractivity contribution in [2.45, 2.75) is 56.5 Å². The second kappa shape index (κ2) is 8.59. The van der Waals surface area contributed by atoms with Crippen molar-refractivity contribution < 1.29 is 13.2 Å². The molecule has 0 aliphatic carbocycles. The molecule has 8 nitrogen and oxygen atoms in total. The molecule has 2 heterocycles. The number of hydrogen-bond acceptors (Lipinski definition) is 5. The highest BCUT2D eigenvalue weighted by molar-refractivity contribution is 7.90. The van der Waals surface area contributed by atoms with Gasteiger partial charge in [-0.2, -0.15) is 8.42 Å². The van der Waals surface area contributed by atoms with Gasteiger partial charge in [-0.05, 0) is 49.4 Å². The lowest BCUT2D eigenvalue weighted by Crippen LogP contribution is -2.40. The van der Waals surface area contributed by atoms with Crippen LogP contribution in [0.5, 0.6) is 0 Å². The number of likely N-dealkylation sites (tertiary alicyclic amines) is 1. The number of sulfonamides is 1. The summed E-state index contributed by atoms with van der Waals surface area (Å²) in [4.78, 5) is 14.4. The maximum Gasteiger partial charge on any atom is 0.283 e. The largest absolute Gasteiger partial charge is 0.362 e. The lowest BCUT2D eigenvalue weighted by atomic mass is 10.00. The van der Waals surface area contributed by atoms with Crippen molar-refractivity contribution in [3.8, 4) is 0 Å². The smallest absolute Gasteiger partial charge is 0.283 e. The maximum absolute atomic E-state index is 12.5. The summed E-state index contributed by atoms with van der Waals surface area (Å²) in [5, 5.41) is 2.84.